The SMILES string of the molecule is COc1cccc(CN(C(=O)CN(c2ccc(C)cc2)S(=O)(=O)c2ccc(C)cc2)C(Cc2ccccc2)C(=O)NC2CCCC2)c1. The van der Waals surface area contributed by atoms with Crippen LogP contribution in [-0.4, -0.2) is 50.9 Å². The van der Waals surface area contributed by atoms with Crippen molar-refractivity contribution in [1.82, 2.24) is 10.2 Å². The summed E-state index contributed by atoms with van der Waals surface area (Å²) in [6.45, 7) is 3.39. The second-order valence-corrected chi connectivity index (χ2v) is 14.1. The predicted molar refractivity (Wildman–Crippen MR) is 185 cm³/mol. The van der Waals surface area contributed by atoms with Crippen LogP contribution in [0.1, 0.15) is 47.9 Å². The fourth-order valence-corrected chi connectivity index (χ4v) is 7.38. The molecular formula is C38H43N3O5S. The van der Waals surface area contributed by atoms with Crippen LogP contribution >= 0.6 is 0 Å². The molecule has 1 aliphatic rings. The van der Waals surface area contributed by atoms with E-state index < -0.39 is 28.5 Å². The average Bonchev–Trinajstić information content (AvgIpc) is 3.59. The molecule has 47 heavy (non-hydrogen) atoms. The van der Waals surface area contributed by atoms with Crippen molar-refractivity contribution in [2.24, 2.45) is 0 Å². The number of rotatable bonds is 13. The van der Waals surface area contributed by atoms with Crippen LogP contribution in [0.2, 0.25) is 0 Å². The van der Waals surface area contributed by atoms with Gasteiger partial charge in [0.15, 0.2) is 0 Å². The highest BCUT2D eigenvalue weighted by Crippen LogP contribution is 2.27. The minimum absolute atomic E-state index is 0.0421. The van der Waals surface area contributed by atoms with Gasteiger partial charge in [-0.05, 0) is 74.2 Å². The molecule has 0 aliphatic heterocycles. The number of aryl methyl sites for hydroxylation is 2. The van der Waals surface area contributed by atoms with Crippen molar-refractivity contribution < 1.29 is 22.7 Å². The maximum Gasteiger partial charge on any atom is 0.264 e. The summed E-state index contributed by atoms with van der Waals surface area (Å²) < 4.78 is 35.0. The fourth-order valence-electron chi connectivity index (χ4n) is 5.97. The molecule has 0 heterocycles. The Kier molecular flexibility index (Phi) is 11.0. The molecule has 9 heteroatoms. The number of nitrogens with zero attached hydrogens (tertiary/aromatic N) is 2. The summed E-state index contributed by atoms with van der Waals surface area (Å²) in [5.41, 5.74) is 3.89. The Balaban J connectivity index is 1.57. The normalized spacial score (nSPS) is 13.9. The van der Waals surface area contributed by atoms with Gasteiger partial charge in [0.2, 0.25) is 11.8 Å². The summed E-state index contributed by atoms with van der Waals surface area (Å²) >= 11 is 0. The first-order valence-electron chi connectivity index (χ1n) is 16.1. The molecule has 1 saturated carbocycles. The molecule has 4 aromatic carbocycles. The van der Waals surface area contributed by atoms with E-state index in [4.69, 9.17) is 4.74 Å². The molecule has 4 aromatic rings. The van der Waals surface area contributed by atoms with Gasteiger partial charge in [0.25, 0.3) is 10.0 Å². The van der Waals surface area contributed by atoms with Gasteiger partial charge in [-0.2, -0.15) is 0 Å². The minimum Gasteiger partial charge on any atom is -0.497 e. The Labute approximate surface area is 278 Å². The number of amides is 2. The van der Waals surface area contributed by atoms with Crippen LogP contribution in [0.15, 0.2) is 108 Å². The first kappa shape index (κ1) is 33.7. The largest absolute Gasteiger partial charge is 0.497 e. The first-order valence-corrected chi connectivity index (χ1v) is 17.5. The number of carbonyl (C=O) groups is 2. The molecule has 1 N–H and O–H groups in total. The van der Waals surface area contributed by atoms with E-state index in [1.165, 1.54) is 4.90 Å². The number of anilines is 1. The molecule has 1 fully saturated rings. The molecule has 0 bridgehead atoms. The maximum atomic E-state index is 14.7. The van der Waals surface area contributed by atoms with Crippen molar-refractivity contribution in [2.45, 2.75) is 69.5 Å². The second kappa shape index (κ2) is 15.3. The van der Waals surface area contributed by atoms with E-state index in [0.717, 1.165) is 52.2 Å². The lowest BCUT2D eigenvalue weighted by Gasteiger charge is -2.34. The van der Waals surface area contributed by atoms with E-state index >= 15 is 0 Å². The minimum atomic E-state index is -4.15. The quantitative estimate of drug-likeness (QED) is 0.185. The Morgan fingerprint density at radius 2 is 1.45 bits per heavy atom. The molecule has 0 aromatic heterocycles. The van der Waals surface area contributed by atoms with Gasteiger partial charge in [-0.15, -0.1) is 0 Å². The Morgan fingerprint density at radius 1 is 0.830 bits per heavy atom. The van der Waals surface area contributed by atoms with E-state index in [-0.39, 0.29) is 29.8 Å². The lowest BCUT2D eigenvalue weighted by atomic mass is 10.0. The molecule has 0 radical (unpaired) electrons. The summed E-state index contributed by atoms with van der Waals surface area (Å²) in [4.78, 5) is 30.4. The molecule has 8 nitrogen and oxygen atoms in total. The van der Waals surface area contributed by atoms with Crippen LogP contribution in [0.5, 0.6) is 5.75 Å². The van der Waals surface area contributed by atoms with Gasteiger partial charge in [-0.25, -0.2) is 8.42 Å². The smallest absolute Gasteiger partial charge is 0.264 e. The number of hydrogen-bond acceptors (Lipinski definition) is 5. The van der Waals surface area contributed by atoms with Gasteiger partial charge >= 0.3 is 0 Å². The molecule has 0 saturated heterocycles. The van der Waals surface area contributed by atoms with Gasteiger partial charge in [0.1, 0.15) is 18.3 Å². The van der Waals surface area contributed by atoms with Crippen molar-refractivity contribution in [1.29, 1.82) is 0 Å². The summed E-state index contributed by atoms with van der Waals surface area (Å²) in [5, 5.41) is 3.21. The highest BCUT2D eigenvalue weighted by Gasteiger charge is 2.35. The van der Waals surface area contributed by atoms with Crippen LogP contribution in [0, 0.1) is 13.8 Å². The third-order valence-electron chi connectivity index (χ3n) is 8.67. The van der Waals surface area contributed by atoms with Gasteiger partial charge < -0.3 is 15.0 Å². The fraction of sp³-hybridized carbons (Fsp3) is 0.316. The van der Waals surface area contributed by atoms with Crippen LogP contribution < -0.4 is 14.4 Å². The number of nitrogens with one attached hydrogen (secondary N) is 1. The average molecular weight is 654 g/mol. The predicted octanol–water partition coefficient (Wildman–Crippen LogP) is 6.21. The highest BCUT2D eigenvalue weighted by molar-refractivity contribution is 7.92. The van der Waals surface area contributed by atoms with Gasteiger partial charge in [0, 0.05) is 19.0 Å². The monoisotopic (exact) mass is 653 g/mol. The number of ether oxygens (including phenoxy) is 1. The van der Waals surface area contributed by atoms with Crippen molar-refractivity contribution in [3.05, 3.63) is 125 Å². The zero-order valence-electron chi connectivity index (χ0n) is 27.3. The molecule has 0 spiro atoms. The summed E-state index contributed by atoms with van der Waals surface area (Å²) in [5.74, 6) is -0.125. The lowest BCUT2D eigenvalue weighted by molar-refractivity contribution is -0.140. The summed E-state index contributed by atoms with van der Waals surface area (Å²) in [6, 6.07) is 29.7. The summed E-state index contributed by atoms with van der Waals surface area (Å²) in [7, 11) is -2.58. The highest BCUT2D eigenvalue weighted by atomic mass is 32.2. The van der Waals surface area contributed by atoms with Crippen molar-refractivity contribution in [3.63, 3.8) is 0 Å². The van der Waals surface area contributed by atoms with Gasteiger partial charge in [-0.3, -0.25) is 13.9 Å². The van der Waals surface area contributed by atoms with Crippen LogP contribution in [-0.2, 0) is 32.6 Å². The van der Waals surface area contributed by atoms with Crippen molar-refractivity contribution in [3.8, 4) is 5.75 Å². The van der Waals surface area contributed by atoms with Crippen LogP contribution in [0.3, 0.4) is 0 Å². The summed E-state index contributed by atoms with van der Waals surface area (Å²) in [6.07, 6.45) is 4.14. The third-order valence-corrected chi connectivity index (χ3v) is 10.5. The van der Waals surface area contributed by atoms with E-state index in [1.54, 1.807) is 43.5 Å². The number of benzene rings is 4. The second-order valence-electron chi connectivity index (χ2n) is 12.2. The van der Waals surface area contributed by atoms with E-state index in [9.17, 15) is 18.0 Å². The van der Waals surface area contributed by atoms with Gasteiger partial charge in [0.05, 0.1) is 17.7 Å². The van der Waals surface area contributed by atoms with Gasteiger partial charge in [-0.1, -0.05) is 90.7 Å². The molecule has 5 rings (SSSR count). The van der Waals surface area contributed by atoms with Crippen LogP contribution in [0.25, 0.3) is 0 Å². The van der Waals surface area contributed by atoms with Crippen LogP contribution in [0.4, 0.5) is 5.69 Å². The Bertz CT molecular complexity index is 1750. The number of hydrogen-bond donors (Lipinski definition) is 1. The zero-order chi connectivity index (χ0) is 33.4. The molecule has 1 aliphatic carbocycles. The molecule has 1 atom stereocenters. The number of carbonyl (C=O) groups excluding carboxylic acids is 2. The topological polar surface area (TPSA) is 96.0 Å². The Morgan fingerprint density at radius 3 is 2.09 bits per heavy atom. The van der Waals surface area contributed by atoms with Crippen molar-refractivity contribution in [2.75, 3.05) is 18.0 Å². The third kappa shape index (κ3) is 8.60. The molecular weight excluding hydrogens is 611 g/mol. The zero-order valence-corrected chi connectivity index (χ0v) is 28.1. The standard InChI is InChI=1S/C38H43N3O5S/c1-28-16-20-33(21-17-28)41(47(44,45)35-22-18-29(2)19-23-35)27-37(42)40(26-31-12-9-15-34(24-31)46-3)36(25-30-10-5-4-6-11-30)38(43)39-32-13-7-8-14-32/h4-6,9-12,15-24,32,36H,7-8,13-14,25-27H2,1-3H3,(H,39,43). The van der Waals surface area contributed by atoms with Crippen molar-refractivity contribution >= 4 is 27.5 Å². The first-order chi connectivity index (χ1) is 22.6. The molecule has 1 unspecified atom stereocenters. The molecule has 246 valence electrons. The van der Waals surface area contributed by atoms with E-state index in [1.807, 2.05) is 80.6 Å². The van der Waals surface area contributed by atoms with E-state index in [0.29, 0.717) is 11.4 Å². The maximum absolute atomic E-state index is 14.7. The molecule has 2 amide bonds. The lowest BCUT2D eigenvalue weighted by Crippen LogP contribution is -2.54. The number of sulfonamides is 1. The van der Waals surface area contributed by atoms with E-state index in [2.05, 4.69) is 5.32 Å². The Hall–Kier alpha value is -4.63. The number of methoxy groups -OCH3 is 1.